The Bertz CT molecular complexity index is 389. The molecule has 0 atom stereocenters. The van der Waals surface area contributed by atoms with Gasteiger partial charge in [0.1, 0.15) is 0 Å². The molecule has 1 rings (SSSR count). The monoisotopic (exact) mass is 248 g/mol. The lowest BCUT2D eigenvalue weighted by Gasteiger charge is -2.12. The molecule has 0 unspecified atom stereocenters. The van der Waals surface area contributed by atoms with E-state index < -0.39 is 0 Å². The maximum absolute atomic E-state index is 11.2. The average Bonchev–Trinajstić information content (AvgIpc) is 2.67. The molecule has 0 aliphatic carbocycles. The third-order valence-electron chi connectivity index (χ3n) is 2.57. The highest BCUT2D eigenvalue weighted by Gasteiger charge is 2.22. The van der Waals surface area contributed by atoms with Crippen LogP contribution in [0.4, 0.5) is 0 Å². The van der Waals surface area contributed by atoms with Crippen LogP contribution >= 0.6 is 0 Å². The van der Waals surface area contributed by atoms with Gasteiger partial charge < -0.3 is 5.32 Å². The minimum absolute atomic E-state index is 0.0667. The molecule has 1 aliphatic rings. The molecule has 0 bridgehead atoms. The van der Waals surface area contributed by atoms with Crippen molar-refractivity contribution in [1.29, 1.82) is 0 Å². The molecule has 1 aliphatic heterocycles. The van der Waals surface area contributed by atoms with Crippen LogP contribution in [0.3, 0.4) is 0 Å². The third kappa shape index (κ3) is 4.42. The molecule has 5 nitrogen and oxygen atoms in total. The molecule has 0 spiro atoms. The standard InChI is InChI=1S/C13H16N2O3/c1-2-9-14-11(16)6-4-3-5-10-15-12(17)7-8-13(15)18/h1,7-8H,3-6,9-10H2,(H,14,16). The van der Waals surface area contributed by atoms with Crippen molar-refractivity contribution in [2.45, 2.75) is 25.7 Å². The lowest BCUT2D eigenvalue weighted by molar-refractivity contribution is -0.136. The third-order valence-corrected chi connectivity index (χ3v) is 2.57. The van der Waals surface area contributed by atoms with Gasteiger partial charge in [-0.25, -0.2) is 0 Å². The van der Waals surface area contributed by atoms with Crippen molar-refractivity contribution in [2.75, 3.05) is 13.1 Å². The van der Waals surface area contributed by atoms with Gasteiger partial charge in [0.15, 0.2) is 0 Å². The van der Waals surface area contributed by atoms with Crippen molar-refractivity contribution >= 4 is 17.7 Å². The Morgan fingerprint density at radius 1 is 1.22 bits per heavy atom. The van der Waals surface area contributed by atoms with Gasteiger partial charge in [0, 0.05) is 25.1 Å². The number of amides is 3. The average molecular weight is 248 g/mol. The topological polar surface area (TPSA) is 66.5 Å². The number of nitrogens with zero attached hydrogens (tertiary/aromatic N) is 1. The van der Waals surface area contributed by atoms with Crippen molar-refractivity contribution in [1.82, 2.24) is 10.2 Å². The van der Waals surface area contributed by atoms with Gasteiger partial charge in [-0.1, -0.05) is 12.3 Å². The van der Waals surface area contributed by atoms with E-state index in [-0.39, 0.29) is 24.3 Å². The molecule has 0 saturated carbocycles. The Labute approximate surface area is 106 Å². The summed E-state index contributed by atoms with van der Waals surface area (Å²) in [5.41, 5.74) is 0. The molecule has 5 heteroatoms. The van der Waals surface area contributed by atoms with Crippen LogP contribution in [0, 0.1) is 12.3 Å². The van der Waals surface area contributed by atoms with Gasteiger partial charge in [0.2, 0.25) is 5.91 Å². The van der Waals surface area contributed by atoms with Crippen LogP contribution in [-0.4, -0.2) is 35.7 Å². The van der Waals surface area contributed by atoms with E-state index in [1.807, 2.05) is 0 Å². The number of imide groups is 1. The van der Waals surface area contributed by atoms with E-state index in [1.165, 1.54) is 17.1 Å². The fourth-order valence-electron chi connectivity index (χ4n) is 1.62. The van der Waals surface area contributed by atoms with Gasteiger partial charge in [-0.15, -0.1) is 6.42 Å². The number of nitrogens with one attached hydrogen (secondary N) is 1. The maximum atomic E-state index is 11.2. The fraction of sp³-hybridized carbons (Fsp3) is 0.462. The molecule has 1 heterocycles. The molecule has 18 heavy (non-hydrogen) atoms. The molecular formula is C13H16N2O3. The number of carbonyl (C=O) groups is 3. The minimum atomic E-state index is -0.258. The van der Waals surface area contributed by atoms with Crippen LogP contribution in [-0.2, 0) is 14.4 Å². The number of carbonyl (C=O) groups excluding carboxylic acids is 3. The molecule has 0 saturated heterocycles. The van der Waals surface area contributed by atoms with Crippen molar-refractivity contribution < 1.29 is 14.4 Å². The number of hydrogen-bond donors (Lipinski definition) is 1. The normalized spacial score (nSPS) is 13.8. The predicted molar refractivity (Wildman–Crippen MR) is 66.2 cm³/mol. The number of hydrogen-bond acceptors (Lipinski definition) is 3. The fourth-order valence-corrected chi connectivity index (χ4v) is 1.62. The highest BCUT2D eigenvalue weighted by Crippen LogP contribution is 2.07. The first-order valence-corrected chi connectivity index (χ1v) is 5.89. The summed E-state index contributed by atoms with van der Waals surface area (Å²) < 4.78 is 0. The second kappa shape index (κ2) is 7.28. The van der Waals surface area contributed by atoms with Crippen LogP contribution < -0.4 is 5.32 Å². The number of unbranched alkanes of at least 4 members (excludes halogenated alkanes) is 2. The highest BCUT2D eigenvalue weighted by atomic mass is 16.2. The maximum Gasteiger partial charge on any atom is 0.253 e. The molecular weight excluding hydrogens is 232 g/mol. The van der Waals surface area contributed by atoms with Crippen LogP contribution in [0.5, 0.6) is 0 Å². The van der Waals surface area contributed by atoms with Crippen LogP contribution in [0.2, 0.25) is 0 Å². The molecule has 0 aromatic heterocycles. The Morgan fingerprint density at radius 2 is 1.89 bits per heavy atom. The Hall–Kier alpha value is -2.09. The van der Waals surface area contributed by atoms with Gasteiger partial charge in [0.05, 0.1) is 6.54 Å². The Morgan fingerprint density at radius 3 is 2.50 bits per heavy atom. The van der Waals surface area contributed by atoms with Crippen LogP contribution in [0.1, 0.15) is 25.7 Å². The summed E-state index contributed by atoms with van der Waals surface area (Å²) >= 11 is 0. The van der Waals surface area contributed by atoms with E-state index in [0.717, 1.165) is 12.8 Å². The summed E-state index contributed by atoms with van der Waals surface area (Å²) in [7, 11) is 0. The molecule has 1 N–H and O–H groups in total. The van der Waals surface area contributed by atoms with Crippen molar-refractivity contribution in [3.63, 3.8) is 0 Å². The SMILES string of the molecule is C#CCNC(=O)CCCCCN1C(=O)C=CC1=O. The molecule has 0 fully saturated rings. The van der Waals surface area contributed by atoms with Crippen LogP contribution in [0.15, 0.2) is 12.2 Å². The first-order chi connectivity index (χ1) is 8.65. The zero-order valence-electron chi connectivity index (χ0n) is 10.1. The Kier molecular flexibility index (Phi) is 5.65. The van der Waals surface area contributed by atoms with Crippen molar-refractivity contribution in [2.24, 2.45) is 0 Å². The summed E-state index contributed by atoms with van der Waals surface area (Å²) in [6, 6.07) is 0. The highest BCUT2D eigenvalue weighted by molar-refractivity contribution is 6.12. The first-order valence-electron chi connectivity index (χ1n) is 5.89. The van der Waals surface area contributed by atoms with Crippen molar-refractivity contribution in [3.05, 3.63) is 12.2 Å². The van der Waals surface area contributed by atoms with Gasteiger partial charge in [0.25, 0.3) is 11.8 Å². The molecule has 3 amide bonds. The predicted octanol–water partition coefficient (Wildman–Crippen LogP) is 0.221. The van der Waals surface area contributed by atoms with Gasteiger partial charge in [-0.2, -0.15) is 0 Å². The van der Waals surface area contributed by atoms with E-state index in [9.17, 15) is 14.4 Å². The molecule has 96 valence electrons. The van der Waals surface area contributed by atoms with E-state index >= 15 is 0 Å². The lowest BCUT2D eigenvalue weighted by Crippen LogP contribution is -2.30. The number of rotatable bonds is 7. The molecule has 0 aromatic rings. The van der Waals surface area contributed by atoms with Crippen molar-refractivity contribution in [3.8, 4) is 12.3 Å². The largest absolute Gasteiger partial charge is 0.345 e. The molecule has 0 aromatic carbocycles. The zero-order chi connectivity index (χ0) is 13.4. The summed E-state index contributed by atoms with van der Waals surface area (Å²) in [5, 5.41) is 2.57. The van der Waals surface area contributed by atoms with E-state index in [0.29, 0.717) is 19.4 Å². The summed E-state index contributed by atoms with van der Waals surface area (Å²) in [5.74, 6) is 1.74. The van der Waals surface area contributed by atoms with E-state index in [2.05, 4.69) is 11.2 Å². The lowest BCUT2D eigenvalue weighted by atomic mass is 10.2. The minimum Gasteiger partial charge on any atom is -0.345 e. The van der Waals surface area contributed by atoms with Gasteiger partial charge >= 0.3 is 0 Å². The summed E-state index contributed by atoms with van der Waals surface area (Å²) in [4.78, 5) is 34.8. The second-order valence-corrected chi connectivity index (χ2v) is 3.95. The second-order valence-electron chi connectivity index (χ2n) is 3.95. The van der Waals surface area contributed by atoms with Gasteiger partial charge in [-0.3, -0.25) is 19.3 Å². The van der Waals surface area contributed by atoms with Crippen LogP contribution in [0.25, 0.3) is 0 Å². The smallest absolute Gasteiger partial charge is 0.253 e. The first kappa shape index (κ1) is 14.0. The zero-order valence-corrected chi connectivity index (χ0v) is 10.1. The van der Waals surface area contributed by atoms with E-state index in [4.69, 9.17) is 6.42 Å². The summed E-state index contributed by atoms with van der Waals surface area (Å²) in [6.07, 6.45) is 10.2. The number of terminal acetylenes is 1. The summed E-state index contributed by atoms with van der Waals surface area (Å²) in [6.45, 7) is 0.665. The Balaban J connectivity index is 2.06. The van der Waals surface area contributed by atoms with Gasteiger partial charge in [-0.05, 0) is 12.8 Å². The molecule has 0 radical (unpaired) electrons. The van der Waals surface area contributed by atoms with E-state index in [1.54, 1.807) is 0 Å². The quantitative estimate of drug-likeness (QED) is 0.398.